The van der Waals surface area contributed by atoms with Gasteiger partial charge in [0.05, 0.1) is 24.5 Å². The molecule has 1 aliphatic heterocycles. The van der Waals surface area contributed by atoms with Crippen molar-refractivity contribution >= 4 is 22.9 Å². The minimum absolute atomic E-state index is 0.0392. The molecule has 5 N–H and O–H groups in total. The maximum Gasteiger partial charge on any atom is 0.252 e. The smallest absolute Gasteiger partial charge is 0.252 e. The third-order valence-corrected chi connectivity index (χ3v) is 4.95. The zero-order valence-corrected chi connectivity index (χ0v) is 15.6. The molecule has 0 aliphatic carbocycles. The summed E-state index contributed by atoms with van der Waals surface area (Å²) in [5.74, 6) is -0.104. The first-order valence-corrected chi connectivity index (χ1v) is 9.06. The number of fused-ring (bicyclic) bond motifs is 1. The fourth-order valence-electron chi connectivity index (χ4n) is 3.38. The lowest BCUT2D eigenvalue weighted by Crippen LogP contribution is -2.54. The molecular formula is C18H21N7O4. The van der Waals surface area contributed by atoms with E-state index >= 15 is 0 Å². The van der Waals surface area contributed by atoms with Gasteiger partial charge in [-0.2, -0.15) is 0 Å². The van der Waals surface area contributed by atoms with Gasteiger partial charge in [-0.25, -0.2) is 15.0 Å². The van der Waals surface area contributed by atoms with E-state index in [0.717, 1.165) is 5.56 Å². The van der Waals surface area contributed by atoms with Crippen molar-refractivity contribution in [1.82, 2.24) is 29.8 Å². The minimum Gasteiger partial charge on any atom is -0.388 e. The highest BCUT2D eigenvalue weighted by atomic mass is 16.5. The maximum atomic E-state index is 12.3. The Labute approximate surface area is 165 Å². The average Bonchev–Trinajstić information content (AvgIpc) is 3.14. The van der Waals surface area contributed by atoms with Crippen LogP contribution in [0.4, 0.5) is 5.82 Å². The summed E-state index contributed by atoms with van der Waals surface area (Å²) in [5, 5.41) is 23.9. The number of nitrogens with one attached hydrogen (secondary N) is 1. The number of amides is 1. The standard InChI is InChI=1S/C18H21N7O4/c1-9-2-10(4-20-3-9)18(28)21-5-12-15(27)14(26)11(6-29-12)25-8-24-13-16(19)22-7-23-17(13)25/h2-4,7-8,11-12,14-15,26-27H,5-6H2,1H3,(H,21,28)(H2,19,22,23)/t11-,12-,14+,15-/m1/s1. The van der Waals surface area contributed by atoms with Gasteiger partial charge < -0.3 is 30.6 Å². The van der Waals surface area contributed by atoms with E-state index in [1.165, 1.54) is 18.9 Å². The molecule has 4 atom stereocenters. The van der Waals surface area contributed by atoms with Crippen LogP contribution in [0.2, 0.25) is 0 Å². The Hall–Kier alpha value is -3.15. The Kier molecular flexibility index (Phi) is 5.09. The van der Waals surface area contributed by atoms with Crippen LogP contribution in [-0.2, 0) is 4.74 Å². The van der Waals surface area contributed by atoms with Crippen LogP contribution in [0, 0.1) is 6.92 Å². The fraction of sp³-hybridized carbons (Fsp3) is 0.389. The Bertz CT molecular complexity index is 1040. The number of nitrogens with two attached hydrogens (primary N) is 1. The van der Waals surface area contributed by atoms with Crippen molar-refractivity contribution in [2.24, 2.45) is 0 Å². The number of aliphatic hydroxyl groups excluding tert-OH is 2. The van der Waals surface area contributed by atoms with Crippen molar-refractivity contribution in [3.63, 3.8) is 0 Å². The summed E-state index contributed by atoms with van der Waals surface area (Å²) in [6.45, 7) is 1.98. The van der Waals surface area contributed by atoms with Crippen LogP contribution in [0.15, 0.2) is 31.1 Å². The van der Waals surface area contributed by atoms with Crippen LogP contribution in [0.5, 0.6) is 0 Å². The molecule has 4 heterocycles. The molecule has 29 heavy (non-hydrogen) atoms. The Morgan fingerprint density at radius 1 is 1.31 bits per heavy atom. The fourth-order valence-corrected chi connectivity index (χ4v) is 3.38. The quantitative estimate of drug-likeness (QED) is 0.440. The molecule has 0 spiro atoms. The second-order valence-electron chi connectivity index (χ2n) is 6.96. The monoisotopic (exact) mass is 399 g/mol. The van der Waals surface area contributed by atoms with Crippen molar-refractivity contribution in [2.45, 2.75) is 31.3 Å². The molecule has 0 aromatic carbocycles. The number of anilines is 1. The first kappa shape index (κ1) is 19.2. The van der Waals surface area contributed by atoms with E-state index in [9.17, 15) is 15.0 Å². The van der Waals surface area contributed by atoms with Crippen LogP contribution in [-0.4, -0.2) is 72.1 Å². The number of ether oxygens (including phenoxy) is 1. The van der Waals surface area contributed by atoms with Crippen LogP contribution in [0.1, 0.15) is 22.0 Å². The van der Waals surface area contributed by atoms with E-state index in [-0.39, 0.29) is 24.9 Å². The van der Waals surface area contributed by atoms with Crippen LogP contribution < -0.4 is 11.1 Å². The molecule has 3 aromatic rings. The van der Waals surface area contributed by atoms with E-state index in [4.69, 9.17) is 10.5 Å². The number of pyridine rings is 1. The van der Waals surface area contributed by atoms with Gasteiger partial charge in [0.1, 0.15) is 30.2 Å². The normalized spacial score (nSPS) is 24.5. The van der Waals surface area contributed by atoms with Gasteiger partial charge in [0.25, 0.3) is 5.91 Å². The molecule has 0 bridgehead atoms. The van der Waals surface area contributed by atoms with Crippen molar-refractivity contribution in [3.8, 4) is 0 Å². The molecule has 1 aliphatic rings. The molecule has 1 fully saturated rings. The van der Waals surface area contributed by atoms with Gasteiger partial charge in [-0.3, -0.25) is 9.78 Å². The molecule has 11 heteroatoms. The summed E-state index contributed by atoms with van der Waals surface area (Å²) in [6.07, 6.45) is 2.76. The van der Waals surface area contributed by atoms with E-state index in [1.807, 2.05) is 6.92 Å². The average molecular weight is 399 g/mol. The summed E-state index contributed by atoms with van der Waals surface area (Å²) in [7, 11) is 0. The first-order chi connectivity index (χ1) is 14.0. The number of nitrogens with zero attached hydrogens (tertiary/aromatic N) is 5. The number of hydrogen-bond donors (Lipinski definition) is 4. The number of aliphatic hydroxyl groups is 2. The molecule has 0 unspecified atom stereocenters. The molecule has 11 nitrogen and oxygen atoms in total. The van der Waals surface area contributed by atoms with Gasteiger partial charge in [0, 0.05) is 18.9 Å². The predicted octanol–water partition coefficient (Wildman–Crippen LogP) is -0.796. The third-order valence-electron chi connectivity index (χ3n) is 4.95. The number of rotatable bonds is 4. The highest BCUT2D eigenvalue weighted by molar-refractivity contribution is 5.94. The molecular weight excluding hydrogens is 378 g/mol. The van der Waals surface area contributed by atoms with Crippen molar-refractivity contribution in [3.05, 3.63) is 42.2 Å². The SMILES string of the molecule is Cc1cncc(C(=O)NC[C@H]2OC[C@@H](n3cnc4c(N)ncnc43)[C@H](O)[C@@H]2O)c1. The van der Waals surface area contributed by atoms with Crippen molar-refractivity contribution in [1.29, 1.82) is 0 Å². The second kappa shape index (κ2) is 7.70. The number of imidazole rings is 1. The van der Waals surface area contributed by atoms with Gasteiger partial charge in [-0.15, -0.1) is 0 Å². The van der Waals surface area contributed by atoms with Crippen molar-refractivity contribution in [2.75, 3.05) is 18.9 Å². The summed E-state index contributed by atoms with van der Waals surface area (Å²) < 4.78 is 7.33. The summed E-state index contributed by atoms with van der Waals surface area (Å²) in [6, 6.07) is 1.10. The molecule has 152 valence electrons. The van der Waals surface area contributed by atoms with Crippen molar-refractivity contribution < 1.29 is 19.7 Å². The van der Waals surface area contributed by atoms with Gasteiger partial charge >= 0.3 is 0 Å². The molecule has 3 aromatic heterocycles. The second-order valence-corrected chi connectivity index (χ2v) is 6.96. The largest absolute Gasteiger partial charge is 0.388 e. The number of aryl methyl sites for hydroxylation is 1. The van der Waals surface area contributed by atoms with Crippen LogP contribution in [0.3, 0.4) is 0 Å². The third kappa shape index (κ3) is 3.62. The number of carbonyl (C=O) groups excluding carboxylic acids is 1. The minimum atomic E-state index is -1.22. The molecule has 1 saturated heterocycles. The predicted molar refractivity (Wildman–Crippen MR) is 102 cm³/mol. The van der Waals surface area contributed by atoms with E-state index < -0.39 is 24.4 Å². The van der Waals surface area contributed by atoms with Crippen LogP contribution in [0.25, 0.3) is 11.2 Å². The summed E-state index contributed by atoms with van der Waals surface area (Å²) in [4.78, 5) is 28.5. The maximum absolute atomic E-state index is 12.3. The zero-order valence-electron chi connectivity index (χ0n) is 15.6. The lowest BCUT2D eigenvalue weighted by atomic mass is 9.97. The Morgan fingerprint density at radius 2 is 2.14 bits per heavy atom. The molecule has 1 amide bonds. The van der Waals surface area contributed by atoms with Gasteiger partial charge in [-0.1, -0.05) is 0 Å². The lowest BCUT2D eigenvalue weighted by Gasteiger charge is -2.38. The lowest BCUT2D eigenvalue weighted by molar-refractivity contribution is -0.155. The summed E-state index contributed by atoms with van der Waals surface area (Å²) >= 11 is 0. The highest BCUT2D eigenvalue weighted by Gasteiger charge is 2.40. The van der Waals surface area contributed by atoms with Gasteiger partial charge in [-0.05, 0) is 18.6 Å². The van der Waals surface area contributed by atoms with E-state index in [2.05, 4.69) is 25.3 Å². The topological polar surface area (TPSA) is 161 Å². The number of aromatic nitrogens is 5. The number of hydrogen-bond acceptors (Lipinski definition) is 9. The Morgan fingerprint density at radius 3 is 2.93 bits per heavy atom. The summed E-state index contributed by atoms with van der Waals surface area (Å²) in [5.41, 5.74) is 7.92. The van der Waals surface area contributed by atoms with Crippen LogP contribution >= 0.6 is 0 Å². The van der Waals surface area contributed by atoms with Gasteiger partial charge in [0.2, 0.25) is 0 Å². The molecule has 4 rings (SSSR count). The zero-order chi connectivity index (χ0) is 20.5. The number of nitrogen functional groups attached to an aromatic ring is 1. The highest BCUT2D eigenvalue weighted by Crippen LogP contribution is 2.28. The van der Waals surface area contributed by atoms with E-state index in [0.29, 0.717) is 16.7 Å². The molecule has 0 saturated carbocycles. The molecule has 0 radical (unpaired) electrons. The Balaban J connectivity index is 1.44. The number of carbonyl (C=O) groups is 1. The van der Waals surface area contributed by atoms with Gasteiger partial charge in [0.15, 0.2) is 11.5 Å². The first-order valence-electron chi connectivity index (χ1n) is 9.06. The van der Waals surface area contributed by atoms with E-state index in [1.54, 1.807) is 16.8 Å².